The van der Waals surface area contributed by atoms with Crippen molar-refractivity contribution in [3.8, 4) is 0 Å². The first-order valence-corrected chi connectivity index (χ1v) is 8.89. The molecule has 0 unspecified atom stereocenters. The third-order valence-electron chi connectivity index (χ3n) is 7.38. The third kappa shape index (κ3) is 1.75. The summed E-state index contributed by atoms with van der Waals surface area (Å²) in [5.41, 5.74) is -1.12. The minimum absolute atomic E-state index is 0.0219. The Kier molecular flexibility index (Phi) is 3.57. The van der Waals surface area contributed by atoms with Gasteiger partial charge in [-0.05, 0) is 49.4 Å². The van der Waals surface area contributed by atoms with Crippen molar-refractivity contribution in [3.05, 3.63) is 0 Å². The minimum atomic E-state index is -0.856. The van der Waals surface area contributed by atoms with Crippen LogP contribution in [-0.2, 0) is 9.59 Å². The lowest BCUT2D eigenvalue weighted by molar-refractivity contribution is -0.168. The van der Waals surface area contributed by atoms with Crippen LogP contribution in [0.15, 0.2) is 0 Å². The van der Waals surface area contributed by atoms with E-state index in [-0.39, 0.29) is 22.6 Å². The van der Waals surface area contributed by atoms with Crippen LogP contribution in [0, 0.1) is 16.2 Å². The van der Waals surface area contributed by atoms with Crippen LogP contribution in [0.4, 0.5) is 0 Å². The molecule has 1 saturated carbocycles. The Morgan fingerprint density at radius 3 is 2.68 bits per heavy atom. The summed E-state index contributed by atoms with van der Waals surface area (Å²) in [6, 6.07) is 0.313. The van der Waals surface area contributed by atoms with Gasteiger partial charge in [-0.3, -0.25) is 9.59 Å². The number of rotatable bonds is 2. The predicted molar refractivity (Wildman–Crippen MR) is 86.2 cm³/mol. The number of fused-ring (bicyclic) bond motifs is 2. The summed E-state index contributed by atoms with van der Waals surface area (Å²) in [7, 11) is 0. The number of nitrogens with zero attached hydrogens (tertiary/aromatic N) is 1. The third-order valence-corrected chi connectivity index (χ3v) is 7.38. The molecule has 3 fully saturated rings. The summed E-state index contributed by atoms with van der Waals surface area (Å²) in [5.74, 6) is 0.0721. The first-order chi connectivity index (χ1) is 10.3. The number of carbonyl (C=O) groups excluding carboxylic acids is 2. The SMILES string of the molecule is CC[C@H]1CCCCN1C(=O)[C@@]12CC[C@@](C)(CNC1=O)C2(C)C. The van der Waals surface area contributed by atoms with Gasteiger partial charge >= 0.3 is 0 Å². The first kappa shape index (κ1) is 15.8. The van der Waals surface area contributed by atoms with Gasteiger partial charge in [0.15, 0.2) is 0 Å². The van der Waals surface area contributed by atoms with E-state index in [2.05, 4.69) is 33.0 Å². The van der Waals surface area contributed by atoms with Crippen LogP contribution in [0.3, 0.4) is 0 Å². The molecule has 1 aliphatic carbocycles. The van der Waals surface area contributed by atoms with E-state index in [1.807, 2.05) is 4.90 Å². The second kappa shape index (κ2) is 4.97. The van der Waals surface area contributed by atoms with Crippen LogP contribution in [0.2, 0.25) is 0 Å². The molecule has 0 aromatic rings. The molecule has 2 aliphatic heterocycles. The molecule has 22 heavy (non-hydrogen) atoms. The number of nitrogens with one attached hydrogen (secondary N) is 1. The number of carbonyl (C=O) groups is 2. The van der Waals surface area contributed by atoms with Crippen LogP contribution in [-0.4, -0.2) is 35.8 Å². The normalized spacial score (nSPS) is 40.5. The van der Waals surface area contributed by atoms with Gasteiger partial charge in [-0.1, -0.05) is 27.7 Å². The molecule has 2 heterocycles. The maximum absolute atomic E-state index is 13.5. The molecule has 2 bridgehead atoms. The largest absolute Gasteiger partial charge is 0.355 e. The van der Waals surface area contributed by atoms with Crippen LogP contribution in [0.25, 0.3) is 0 Å². The van der Waals surface area contributed by atoms with Gasteiger partial charge in [0.25, 0.3) is 0 Å². The average molecular weight is 306 g/mol. The molecule has 0 spiro atoms. The minimum Gasteiger partial charge on any atom is -0.355 e. The highest BCUT2D eigenvalue weighted by Crippen LogP contribution is 2.65. The molecule has 2 saturated heterocycles. The Morgan fingerprint density at radius 2 is 2.00 bits per heavy atom. The van der Waals surface area contributed by atoms with Gasteiger partial charge < -0.3 is 10.2 Å². The van der Waals surface area contributed by atoms with E-state index < -0.39 is 5.41 Å². The summed E-state index contributed by atoms with van der Waals surface area (Å²) in [6.07, 6.45) is 5.99. The maximum Gasteiger partial charge on any atom is 0.239 e. The van der Waals surface area contributed by atoms with E-state index in [0.717, 1.165) is 32.2 Å². The van der Waals surface area contributed by atoms with Crippen molar-refractivity contribution < 1.29 is 9.59 Å². The van der Waals surface area contributed by atoms with Crippen molar-refractivity contribution in [2.75, 3.05) is 13.1 Å². The Labute approximate surface area is 134 Å². The molecule has 3 aliphatic rings. The van der Waals surface area contributed by atoms with Gasteiger partial charge in [-0.15, -0.1) is 0 Å². The van der Waals surface area contributed by atoms with Crippen LogP contribution in [0.5, 0.6) is 0 Å². The lowest BCUT2D eigenvalue weighted by atomic mass is 9.55. The first-order valence-electron chi connectivity index (χ1n) is 8.89. The van der Waals surface area contributed by atoms with E-state index in [9.17, 15) is 9.59 Å². The van der Waals surface area contributed by atoms with Gasteiger partial charge in [0, 0.05) is 19.1 Å². The molecule has 4 heteroatoms. The zero-order valence-corrected chi connectivity index (χ0v) is 14.5. The van der Waals surface area contributed by atoms with Crippen LogP contribution >= 0.6 is 0 Å². The highest BCUT2D eigenvalue weighted by Gasteiger charge is 2.71. The smallest absolute Gasteiger partial charge is 0.239 e. The van der Waals surface area contributed by atoms with Gasteiger partial charge in [0.05, 0.1) is 0 Å². The molecule has 0 aromatic heterocycles. The standard InChI is InChI=1S/C18H30N2O2/c1-5-13-8-6-7-11-20(13)15(22)18-10-9-17(4,16(18,2)3)12-19-14(18)21/h13H,5-12H2,1-4H3,(H,19,21)/t13-,17-,18+/m0/s1. The van der Waals surface area contributed by atoms with Crippen molar-refractivity contribution in [2.24, 2.45) is 16.2 Å². The molecule has 124 valence electrons. The number of hydrogen-bond acceptors (Lipinski definition) is 2. The molecule has 4 nitrogen and oxygen atoms in total. The maximum atomic E-state index is 13.5. The van der Waals surface area contributed by atoms with Crippen molar-refractivity contribution in [1.29, 1.82) is 0 Å². The monoisotopic (exact) mass is 306 g/mol. The molecule has 3 atom stereocenters. The topological polar surface area (TPSA) is 49.4 Å². The summed E-state index contributed by atoms with van der Waals surface area (Å²) in [4.78, 5) is 28.4. The quantitative estimate of drug-likeness (QED) is 0.798. The number of amides is 2. The number of piperidine rings is 2. The molecular formula is C18H30N2O2. The van der Waals surface area contributed by atoms with Gasteiger partial charge in [-0.2, -0.15) is 0 Å². The summed E-state index contributed by atoms with van der Waals surface area (Å²) in [6.45, 7) is 10.2. The molecule has 1 N–H and O–H groups in total. The fraction of sp³-hybridized carbons (Fsp3) is 0.889. The van der Waals surface area contributed by atoms with Crippen LogP contribution in [0.1, 0.15) is 66.2 Å². The molecule has 0 radical (unpaired) electrons. The molecule has 0 aromatic carbocycles. The van der Waals surface area contributed by atoms with Crippen LogP contribution < -0.4 is 5.32 Å². The highest BCUT2D eigenvalue weighted by atomic mass is 16.2. The van der Waals surface area contributed by atoms with Gasteiger partial charge in [0.1, 0.15) is 5.41 Å². The predicted octanol–water partition coefficient (Wildman–Crippen LogP) is 2.72. The Hall–Kier alpha value is -1.06. The van der Waals surface area contributed by atoms with Crippen molar-refractivity contribution in [2.45, 2.75) is 72.3 Å². The summed E-state index contributed by atoms with van der Waals surface area (Å²) in [5, 5.41) is 3.05. The van der Waals surface area contributed by atoms with Crippen molar-refractivity contribution in [3.63, 3.8) is 0 Å². The second-order valence-corrected chi connectivity index (χ2v) is 8.33. The summed E-state index contributed by atoms with van der Waals surface area (Å²) < 4.78 is 0. The Bertz CT molecular complexity index is 501. The van der Waals surface area contributed by atoms with Gasteiger partial charge in [0.2, 0.25) is 11.8 Å². The lowest BCUT2D eigenvalue weighted by Gasteiger charge is -2.53. The number of hydrogen-bond donors (Lipinski definition) is 1. The van der Waals surface area contributed by atoms with E-state index in [0.29, 0.717) is 19.0 Å². The van der Waals surface area contributed by atoms with E-state index in [4.69, 9.17) is 0 Å². The van der Waals surface area contributed by atoms with Gasteiger partial charge in [-0.25, -0.2) is 0 Å². The molecule has 3 rings (SSSR count). The van der Waals surface area contributed by atoms with Crippen molar-refractivity contribution in [1.82, 2.24) is 10.2 Å². The van der Waals surface area contributed by atoms with Crippen molar-refractivity contribution >= 4 is 11.8 Å². The Morgan fingerprint density at radius 1 is 1.27 bits per heavy atom. The van der Waals surface area contributed by atoms with E-state index in [1.54, 1.807) is 0 Å². The zero-order chi connectivity index (χ0) is 16.2. The fourth-order valence-electron chi connectivity index (χ4n) is 5.15. The fourth-order valence-corrected chi connectivity index (χ4v) is 5.15. The molecule has 2 amide bonds. The van der Waals surface area contributed by atoms with E-state index in [1.165, 1.54) is 6.42 Å². The summed E-state index contributed by atoms with van der Waals surface area (Å²) >= 11 is 0. The highest BCUT2D eigenvalue weighted by molar-refractivity contribution is 6.07. The molecular weight excluding hydrogens is 276 g/mol. The zero-order valence-electron chi connectivity index (χ0n) is 14.5. The van der Waals surface area contributed by atoms with E-state index >= 15 is 0 Å². The lowest BCUT2D eigenvalue weighted by Crippen LogP contribution is -2.66. The average Bonchev–Trinajstić information content (AvgIpc) is 2.62. The Balaban J connectivity index is 2.00. The second-order valence-electron chi connectivity index (χ2n) is 8.33. The number of likely N-dealkylation sites (tertiary alicyclic amines) is 1.